The Bertz CT molecular complexity index is 583. The lowest BCUT2D eigenvalue weighted by atomic mass is 10.0. The number of unbranched alkanes of at least 4 members (excludes halogenated alkanes) is 2. The highest BCUT2D eigenvalue weighted by Gasteiger charge is 2.08. The van der Waals surface area contributed by atoms with Crippen molar-refractivity contribution in [2.45, 2.75) is 52.2 Å². The maximum atomic E-state index is 10.2. The monoisotopic (exact) mass is 299 g/mol. The molecule has 0 radical (unpaired) electrons. The molecule has 1 atom stereocenters. The molecular formula is C19H25NO2. The summed E-state index contributed by atoms with van der Waals surface area (Å²) in [5, 5.41) is 10.2. The maximum Gasteiger partial charge on any atom is 0.130 e. The van der Waals surface area contributed by atoms with Crippen molar-refractivity contribution in [2.24, 2.45) is 0 Å². The van der Waals surface area contributed by atoms with Crippen molar-refractivity contribution in [3.63, 3.8) is 0 Å². The molecule has 1 heterocycles. The lowest BCUT2D eigenvalue weighted by molar-refractivity contribution is 0.163. The SMILES string of the molecule is CCCCCC(O)c1cccc(OCc2cccc(C)n2)c1. The quantitative estimate of drug-likeness (QED) is 0.725. The van der Waals surface area contributed by atoms with E-state index in [2.05, 4.69) is 11.9 Å². The van der Waals surface area contributed by atoms with Crippen LogP contribution < -0.4 is 4.74 Å². The molecule has 0 fully saturated rings. The van der Waals surface area contributed by atoms with Crippen LogP contribution in [0.15, 0.2) is 42.5 Å². The van der Waals surface area contributed by atoms with Crippen molar-refractivity contribution in [3.05, 3.63) is 59.4 Å². The van der Waals surface area contributed by atoms with E-state index in [9.17, 15) is 5.11 Å². The summed E-state index contributed by atoms with van der Waals surface area (Å²) in [5.74, 6) is 0.773. The first-order valence-corrected chi connectivity index (χ1v) is 8.02. The van der Waals surface area contributed by atoms with E-state index in [1.54, 1.807) is 0 Å². The van der Waals surface area contributed by atoms with E-state index in [-0.39, 0.29) is 0 Å². The van der Waals surface area contributed by atoms with Crippen molar-refractivity contribution >= 4 is 0 Å². The molecule has 0 aliphatic heterocycles. The number of aliphatic hydroxyl groups excluding tert-OH is 1. The molecule has 0 aliphatic carbocycles. The predicted molar refractivity (Wildman–Crippen MR) is 88.8 cm³/mol. The van der Waals surface area contributed by atoms with Crippen LogP contribution in [0.1, 0.15) is 55.7 Å². The van der Waals surface area contributed by atoms with Crippen molar-refractivity contribution in [1.82, 2.24) is 4.98 Å². The lowest BCUT2D eigenvalue weighted by Crippen LogP contribution is -2.01. The summed E-state index contributed by atoms with van der Waals surface area (Å²) in [6, 6.07) is 13.6. The molecule has 0 saturated heterocycles. The minimum absolute atomic E-state index is 0.410. The number of aliphatic hydroxyl groups is 1. The zero-order valence-electron chi connectivity index (χ0n) is 13.5. The van der Waals surface area contributed by atoms with Crippen LogP contribution in [0.2, 0.25) is 0 Å². The van der Waals surface area contributed by atoms with E-state index >= 15 is 0 Å². The Morgan fingerprint density at radius 1 is 1.14 bits per heavy atom. The summed E-state index contributed by atoms with van der Waals surface area (Å²) in [6.07, 6.45) is 3.77. The molecule has 3 nitrogen and oxygen atoms in total. The highest BCUT2D eigenvalue weighted by molar-refractivity contribution is 5.30. The van der Waals surface area contributed by atoms with Gasteiger partial charge in [0.15, 0.2) is 0 Å². The molecule has 22 heavy (non-hydrogen) atoms. The fraction of sp³-hybridized carbons (Fsp3) is 0.421. The van der Waals surface area contributed by atoms with E-state index < -0.39 is 6.10 Å². The number of aromatic nitrogens is 1. The van der Waals surface area contributed by atoms with Crippen LogP contribution in [-0.2, 0) is 6.61 Å². The van der Waals surface area contributed by atoms with Gasteiger partial charge in [-0.15, -0.1) is 0 Å². The Labute approximate surface area is 133 Å². The van der Waals surface area contributed by atoms with Crippen LogP contribution in [0.4, 0.5) is 0 Å². The van der Waals surface area contributed by atoms with Crippen LogP contribution in [0, 0.1) is 6.92 Å². The third-order valence-corrected chi connectivity index (χ3v) is 3.66. The van der Waals surface area contributed by atoms with Crippen LogP contribution in [0.25, 0.3) is 0 Å². The number of benzene rings is 1. The molecule has 1 N–H and O–H groups in total. The molecular weight excluding hydrogens is 274 g/mol. The first kappa shape index (κ1) is 16.5. The van der Waals surface area contributed by atoms with Gasteiger partial charge in [0.2, 0.25) is 0 Å². The zero-order chi connectivity index (χ0) is 15.8. The molecule has 0 bridgehead atoms. The second-order valence-electron chi connectivity index (χ2n) is 5.64. The van der Waals surface area contributed by atoms with Gasteiger partial charge in [-0.3, -0.25) is 4.98 Å². The molecule has 118 valence electrons. The summed E-state index contributed by atoms with van der Waals surface area (Å²) < 4.78 is 5.79. The van der Waals surface area contributed by atoms with Gasteiger partial charge in [0.1, 0.15) is 12.4 Å². The molecule has 1 aromatic carbocycles. The summed E-state index contributed by atoms with van der Waals surface area (Å²) in [4.78, 5) is 4.42. The molecule has 0 amide bonds. The Balaban J connectivity index is 1.93. The lowest BCUT2D eigenvalue weighted by Gasteiger charge is -2.13. The van der Waals surface area contributed by atoms with E-state index in [1.165, 1.54) is 6.42 Å². The second kappa shape index (κ2) is 8.54. The second-order valence-corrected chi connectivity index (χ2v) is 5.64. The first-order chi connectivity index (χ1) is 10.7. The average Bonchev–Trinajstić information content (AvgIpc) is 2.53. The smallest absolute Gasteiger partial charge is 0.130 e. The number of nitrogens with zero attached hydrogens (tertiary/aromatic N) is 1. The topological polar surface area (TPSA) is 42.4 Å². The maximum absolute atomic E-state index is 10.2. The standard InChI is InChI=1S/C19H25NO2/c1-3-4-5-12-19(21)16-9-7-11-18(13-16)22-14-17-10-6-8-15(2)20-17/h6-11,13,19,21H,3-5,12,14H2,1-2H3. The number of rotatable bonds is 8. The highest BCUT2D eigenvalue weighted by Crippen LogP contribution is 2.24. The molecule has 0 saturated carbocycles. The minimum atomic E-state index is -0.410. The van der Waals surface area contributed by atoms with Crippen molar-refractivity contribution < 1.29 is 9.84 Å². The Kier molecular flexibility index (Phi) is 6.41. The fourth-order valence-electron chi connectivity index (χ4n) is 2.40. The van der Waals surface area contributed by atoms with Gasteiger partial charge < -0.3 is 9.84 Å². The molecule has 1 unspecified atom stereocenters. The van der Waals surface area contributed by atoms with Gasteiger partial charge in [-0.25, -0.2) is 0 Å². The Morgan fingerprint density at radius 2 is 1.95 bits per heavy atom. The van der Waals surface area contributed by atoms with Crippen LogP contribution in [0.3, 0.4) is 0 Å². The van der Waals surface area contributed by atoms with Gasteiger partial charge >= 0.3 is 0 Å². The van der Waals surface area contributed by atoms with Gasteiger partial charge in [0.25, 0.3) is 0 Å². The number of ether oxygens (including phenoxy) is 1. The minimum Gasteiger partial charge on any atom is -0.487 e. The number of aryl methyl sites for hydroxylation is 1. The normalized spacial score (nSPS) is 12.1. The number of hydrogen-bond donors (Lipinski definition) is 1. The Morgan fingerprint density at radius 3 is 2.73 bits per heavy atom. The number of hydrogen-bond acceptors (Lipinski definition) is 3. The van der Waals surface area contributed by atoms with Crippen LogP contribution in [-0.4, -0.2) is 10.1 Å². The van der Waals surface area contributed by atoms with Gasteiger partial charge in [-0.1, -0.05) is 44.4 Å². The number of pyridine rings is 1. The first-order valence-electron chi connectivity index (χ1n) is 8.02. The summed E-state index contributed by atoms with van der Waals surface area (Å²) in [6.45, 7) is 4.58. The van der Waals surface area contributed by atoms with Gasteiger partial charge in [0, 0.05) is 5.69 Å². The summed E-state index contributed by atoms with van der Waals surface area (Å²) in [5.41, 5.74) is 2.82. The molecule has 1 aromatic heterocycles. The van der Waals surface area contributed by atoms with Gasteiger partial charge in [-0.2, -0.15) is 0 Å². The molecule has 3 heteroatoms. The fourth-order valence-corrected chi connectivity index (χ4v) is 2.40. The largest absolute Gasteiger partial charge is 0.487 e. The van der Waals surface area contributed by atoms with Crippen molar-refractivity contribution in [3.8, 4) is 5.75 Å². The van der Waals surface area contributed by atoms with E-state index in [0.29, 0.717) is 6.61 Å². The summed E-state index contributed by atoms with van der Waals surface area (Å²) >= 11 is 0. The highest BCUT2D eigenvalue weighted by atomic mass is 16.5. The van der Waals surface area contributed by atoms with Crippen LogP contribution >= 0.6 is 0 Å². The molecule has 2 aromatic rings. The van der Waals surface area contributed by atoms with Gasteiger partial charge in [0.05, 0.1) is 11.8 Å². The molecule has 0 aliphatic rings. The van der Waals surface area contributed by atoms with Crippen molar-refractivity contribution in [2.75, 3.05) is 0 Å². The zero-order valence-corrected chi connectivity index (χ0v) is 13.5. The third kappa shape index (κ3) is 5.15. The van der Waals surface area contributed by atoms with E-state index in [0.717, 1.165) is 42.0 Å². The Hall–Kier alpha value is -1.87. The van der Waals surface area contributed by atoms with Crippen molar-refractivity contribution in [1.29, 1.82) is 0 Å². The van der Waals surface area contributed by atoms with E-state index in [4.69, 9.17) is 4.74 Å². The third-order valence-electron chi connectivity index (χ3n) is 3.66. The van der Waals surface area contributed by atoms with Gasteiger partial charge in [-0.05, 0) is 43.2 Å². The van der Waals surface area contributed by atoms with Crippen LogP contribution in [0.5, 0.6) is 5.75 Å². The molecule has 0 spiro atoms. The average molecular weight is 299 g/mol. The summed E-state index contributed by atoms with van der Waals surface area (Å²) in [7, 11) is 0. The predicted octanol–water partition coefficient (Wildman–Crippen LogP) is 4.58. The van der Waals surface area contributed by atoms with E-state index in [1.807, 2.05) is 49.4 Å². The molecule has 2 rings (SSSR count).